The van der Waals surface area contributed by atoms with Crippen LogP contribution in [-0.2, 0) is 4.74 Å². The number of anilines is 2. The molecule has 0 saturated carbocycles. The molecule has 0 unspecified atom stereocenters. The van der Waals surface area contributed by atoms with Crippen molar-refractivity contribution >= 4 is 38.4 Å². The van der Waals surface area contributed by atoms with Gasteiger partial charge >= 0.3 is 6.03 Å². The molecule has 32 heavy (non-hydrogen) atoms. The summed E-state index contributed by atoms with van der Waals surface area (Å²) < 4.78 is 11.9. The summed E-state index contributed by atoms with van der Waals surface area (Å²) in [7, 11) is 3.47. The van der Waals surface area contributed by atoms with E-state index in [1.165, 1.54) is 11.3 Å². The Bertz CT molecular complexity index is 1140. The summed E-state index contributed by atoms with van der Waals surface area (Å²) in [6, 6.07) is 8.02. The van der Waals surface area contributed by atoms with Crippen molar-refractivity contribution in [3.63, 3.8) is 0 Å². The SMILES string of the molecule is CNc1cccc(-c2cnc(OC)c3nc(NC(=O)N4CCC5(CCOCC5)C4)sc23)c1. The average Bonchev–Trinajstić information content (AvgIpc) is 3.43. The molecule has 2 aromatic heterocycles. The summed E-state index contributed by atoms with van der Waals surface area (Å²) in [4.78, 5) is 24.0. The maximum atomic E-state index is 13.0. The Morgan fingerprint density at radius 1 is 1.28 bits per heavy atom. The molecule has 9 heteroatoms. The fraction of sp³-hybridized carbons (Fsp3) is 0.435. The Balaban J connectivity index is 1.42. The molecule has 8 nitrogen and oxygen atoms in total. The van der Waals surface area contributed by atoms with Gasteiger partial charge in [-0.25, -0.2) is 14.8 Å². The van der Waals surface area contributed by atoms with Crippen molar-refractivity contribution in [3.8, 4) is 17.0 Å². The van der Waals surface area contributed by atoms with Crippen LogP contribution >= 0.6 is 11.3 Å². The number of hydrogen-bond donors (Lipinski definition) is 2. The summed E-state index contributed by atoms with van der Waals surface area (Å²) >= 11 is 1.45. The maximum Gasteiger partial charge on any atom is 0.323 e. The summed E-state index contributed by atoms with van der Waals surface area (Å²) in [6.07, 6.45) is 4.88. The highest BCUT2D eigenvalue weighted by atomic mass is 32.1. The first kappa shape index (κ1) is 21.0. The smallest absolute Gasteiger partial charge is 0.323 e. The molecule has 2 saturated heterocycles. The van der Waals surface area contributed by atoms with Gasteiger partial charge in [0, 0.05) is 50.8 Å². The van der Waals surface area contributed by atoms with E-state index in [2.05, 4.69) is 26.7 Å². The van der Waals surface area contributed by atoms with Gasteiger partial charge in [0.05, 0.1) is 11.8 Å². The molecular weight excluding hydrogens is 426 g/mol. The van der Waals surface area contributed by atoms with E-state index in [1.54, 1.807) is 13.3 Å². The number of urea groups is 1. The van der Waals surface area contributed by atoms with Crippen LogP contribution in [0.2, 0.25) is 0 Å². The minimum absolute atomic E-state index is 0.0990. The van der Waals surface area contributed by atoms with Gasteiger partial charge in [0.1, 0.15) is 5.52 Å². The Morgan fingerprint density at radius 3 is 2.91 bits per heavy atom. The van der Waals surface area contributed by atoms with Crippen LogP contribution in [0.4, 0.5) is 15.6 Å². The molecular formula is C23H27N5O3S. The van der Waals surface area contributed by atoms with Gasteiger partial charge in [0.25, 0.3) is 0 Å². The zero-order valence-corrected chi connectivity index (χ0v) is 19.1. The molecule has 2 aliphatic rings. The monoisotopic (exact) mass is 453 g/mol. The summed E-state index contributed by atoms with van der Waals surface area (Å²) in [5, 5.41) is 6.73. The minimum Gasteiger partial charge on any atom is -0.479 e. The number of nitrogens with zero attached hydrogens (tertiary/aromatic N) is 3. The molecule has 2 aliphatic heterocycles. The van der Waals surface area contributed by atoms with Crippen LogP contribution in [0.25, 0.3) is 21.3 Å². The van der Waals surface area contributed by atoms with E-state index >= 15 is 0 Å². The number of carbonyl (C=O) groups excluding carboxylic acids is 1. The van der Waals surface area contributed by atoms with E-state index in [-0.39, 0.29) is 11.4 Å². The lowest BCUT2D eigenvalue weighted by Crippen LogP contribution is -2.37. The van der Waals surface area contributed by atoms with E-state index in [4.69, 9.17) is 9.47 Å². The number of fused-ring (bicyclic) bond motifs is 1. The summed E-state index contributed by atoms with van der Waals surface area (Å²) in [5.41, 5.74) is 3.86. The molecule has 2 N–H and O–H groups in total. The van der Waals surface area contributed by atoms with Gasteiger partial charge in [-0.1, -0.05) is 23.5 Å². The third kappa shape index (κ3) is 3.86. The fourth-order valence-corrected chi connectivity index (χ4v) is 5.61. The number of methoxy groups -OCH3 is 1. The van der Waals surface area contributed by atoms with Crippen molar-refractivity contribution in [1.29, 1.82) is 0 Å². The second-order valence-electron chi connectivity index (χ2n) is 8.42. The Hall–Kier alpha value is -2.91. The van der Waals surface area contributed by atoms with E-state index in [1.807, 2.05) is 30.1 Å². The molecule has 1 spiro atoms. The number of rotatable bonds is 4. The Labute approximate surface area is 191 Å². The third-order valence-electron chi connectivity index (χ3n) is 6.53. The van der Waals surface area contributed by atoms with Gasteiger partial charge in [0.2, 0.25) is 5.88 Å². The van der Waals surface area contributed by atoms with Crippen molar-refractivity contribution in [3.05, 3.63) is 30.5 Å². The van der Waals surface area contributed by atoms with Crippen molar-refractivity contribution in [2.24, 2.45) is 5.41 Å². The Morgan fingerprint density at radius 2 is 2.12 bits per heavy atom. The van der Waals surface area contributed by atoms with E-state index in [9.17, 15) is 4.79 Å². The standard InChI is InChI=1S/C23H27N5O3S/c1-24-16-5-3-4-15(12-16)17-13-25-20(30-2)18-19(17)32-21(26-18)27-22(29)28-9-6-23(14-28)7-10-31-11-8-23/h3-5,12-13,24H,6-11,14H2,1-2H3,(H,26,27,29). The van der Waals surface area contributed by atoms with Crippen LogP contribution in [0.3, 0.4) is 0 Å². The molecule has 1 aromatic carbocycles. The number of amides is 2. The zero-order chi connectivity index (χ0) is 22.1. The molecule has 0 radical (unpaired) electrons. The van der Waals surface area contributed by atoms with Crippen molar-refractivity contribution in [1.82, 2.24) is 14.9 Å². The molecule has 2 amide bonds. The lowest BCUT2D eigenvalue weighted by atomic mass is 9.80. The highest BCUT2D eigenvalue weighted by molar-refractivity contribution is 7.23. The number of thiazole rings is 1. The first-order chi connectivity index (χ1) is 15.6. The van der Waals surface area contributed by atoms with Crippen LogP contribution in [-0.4, -0.2) is 61.4 Å². The van der Waals surface area contributed by atoms with Crippen LogP contribution < -0.4 is 15.4 Å². The van der Waals surface area contributed by atoms with Crippen molar-refractivity contribution in [2.75, 3.05) is 51.1 Å². The predicted molar refractivity (Wildman–Crippen MR) is 127 cm³/mol. The highest BCUT2D eigenvalue weighted by Gasteiger charge is 2.41. The lowest BCUT2D eigenvalue weighted by Gasteiger charge is -2.33. The predicted octanol–water partition coefficient (Wildman–Crippen LogP) is 4.44. The molecule has 5 rings (SSSR count). The van der Waals surface area contributed by atoms with Gasteiger partial charge < -0.3 is 19.7 Å². The van der Waals surface area contributed by atoms with Gasteiger partial charge in [-0.05, 0) is 42.4 Å². The molecule has 0 atom stereocenters. The fourth-order valence-electron chi connectivity index (χ4n) is 4.63. The van der Waals surface area contributed by atoms with Crippen LogP contribution in [0.5, 0.6) is 5.88 Å². The molecule has 3 aromatic rings. The second-order valence-corrected chi connectivity index (χ2v) is 9.42. The van der Waals surface area contributed by atoms with Crippen LogP contribution in [0, 0.1) is 5.41 Å². The van der Waals surface area contributed by atoms with Crippen LogP contribution in [0.15, 0.2) is 30.5 Å². The largest absolute Gasteiger partial charge is 0.479 e. The van der Waals surface area contributed by atoms with Gasteiger partial charge in [-0.2, -0.15) is 0 Å². The number of carbonyl (C=O) groups is 1. The summed E-state index contributed by atoms with van der Waals surface area (Å²) in [5.74, 6) is 0.451. The minimum atomic E-state index is -0.0990. The number of pyridine rings is 1. The number of benzene rings is 1. The zero-order valence-electron chi connectivity index (χ0n) is 18.3. The van der Waals surface area contributed by atoms with Crippen molar-refractivity contribution in [2.45, 2.75) is 19.3 Å². The normalized spacial score (nSPS) is 17.6. The Kier molecular flexibility index (Phi) is 5.60. The van der Waals surface area contributed by atoms with Gasteiger partial charge in [0.15, 0.2) is 5.13 Å². The number of aromatic nitrogens is 2. The molecule has 0 aliphatic carbocycles. The number of likely N-dealkylation sites (tertiary alicyclic amines) is 1. The van der Waals surface area contributed by atoms with Gasteiger partial charge in [-0.3, -0.25) is 5.32 Å². The molecule has 168 valence electrons. The summed E-state index contributed by atoms with van der Waals surface area (Å²) in [6.45, 7) is 3.12. The topological polar surface area (TPSA) is 88.6 Å². The van der Waals surface area contributed by atoms with E-state index in [0.29, 0.717) is 16.5 Å². The second kappa shape index (κ2) is 8.55. The quantitative estimate of drug-likeness (QED) is 0.607. The lowest BCUT2D eigenvalue weighted by molar-refractivity contribution is 0.0211. The molecule has 0 bridgehead atoms. The van der Waals surface area contributed by atoms with Gasteiger partial charge in [-0.15, -0.1) is 0 Å². The van der Waals surface area contributed by atoms with E-state index < -0.39 is 0 Å². The first-order valence-electron chi connectivity index (χ1n) is 10.9. The molecule has 4 heterocycles. The number of hydrogen-bond acceptors (Lipinski definition) is 7. The average molecular weight is 454 g/mol. The van der Waals surface area contributed by atoms with Crippen molar-refractivity contribution < 1.29 is 14.3 Å². The number of nitrogens with one attached hydrogen (secondary N) is 2. The maximum absolute atomic E-state index is 13.0. The highest BCUT2D eigenvalue weighted by Crippen LogP contribution is 2.41. The van der Waals surface area contributed by atoms with E-state index in [0.717, 1.165) is 67.1 Å². The molecule has 2 fully saturated rings. The first-order valence-corrected chi connectivity index (χ1v) is 11.7. The third-order valence-corrected chi connectivity index (χ3v) is 7.54. The van der Waals surface area contributed by atoms with Crippen LogP contribution in [0.1, 0.15) is 19.3 Å². The number of ether oxygens (including phenoxy) is 2.